The summed E-state index contributed by atoms with van der Waals surface area (Å²) in [6.07, 6.45) is 0. The van der Waals surface area contributed by atoms with Crippen LogP contribution in [0.2, 0.25) is 0 Å². The lowest BCUT2D eigenvalue weighted by Crippen LogP contribution is -2.29. The molecule has 96 valence electrons. The van der Waals surface area contributed by atoms with E-state index in [1.807, 2.05) is 0 Å². The summed E-state index contributed by atoms with van der Waals surface area (Å²) in [5, 5.41) is 0. The van der Waals surface area contributed by atoms with Crippen molar-refractivity contribution in [2.24, 2.45) is 0 Å². The first-order chi connectivity index (χ1) is 10.4. The van der Waals surface area contributed by atoms with Gasteiger partial charge in [-0.2, -0.15) is 0 Å². The van der Waals surface area contributed by atoms with E-state index in [4.69, 9.17) is 24.4 Å². The van der Waals surface area contributed by atoms with E-state index < -0.39 is 14.0 Å². The van der Waals surface area contributed by atoms with Crippen LogP contribution in [-0.4, -0.2) is 46.1 Å². The van der Waals surface area contributed by atoms with E-state index in [1.54, 1.807) is 18.0 Å². The monoisotopic (exact) mass is 244 g/mol. The van der Waals surface area contributed by atoms with Crippen LogP contribution < -0.4 is 21.1 Å². The molecule has 0 fully saturated rings. The second-order valence-corrected chi connectivity index (χ2v) is 3.73. The molecule has 1 aromatic rings. The summed E-state index contributed by atoms with van der Waals surface area (Å²) in [7, 11) is 3.15. The van der Waals surface area contributed by atoms with Crippen LogP contribution in [-0.2, 0) is 0 Å². The highest BCUT2D eigenvalue weighted by Crippen LogP contribution is 2.32. The third-order valence-corrected chi connectivity index (χ3v) is 2.45. The van der Waals surface area contributed by atoms with Crippen LogP contribution in [0.1, 0.15) is 8.22 Å². The van der Waals surface area contributed by atoms with Gasteiger partial charge in [0.1, 0.15) is 5.75 Å². The minimum atomic E-state index is -2.71. The Balaban J connectivity index is 2.93. The Morgan fingerprint density at radius 3 is 2.53 bits per heavy atom. The molecule has 0 aliphatic rings. The van der Waals surface area contributed by atoms with E-state index in [2.05, 4.69) is 0 Å². The van der Waals surface area contributed by atoms with Crippen LogP contribution in [0.5, 0.6) is 5.75 Å². The predicted molar refractivity (Wildman–Crippen MR) is 73.6 cm³/mol. The SMILES string of the molecule is [2H]C([2H])([2H])N(CCN(C)c1cc(OC)c(N)cc1N)C([2H])([2H])[2H]. The lowest BCUT2D eigenvalue weighted by molar-refractivity contribution is 0.413. The van der Waals surface area contributed by atoms with Gasteiger partial charge in [-0.1, -0.05) is 0 Å². The number of methoxy groups -OCH3 is 1. The van der Waals surface area contributed by atoms with Crippen molar-refractivity contribution in [3.8, 4) is 5.75 Å². The van der Waals surface area contributed by atoms with Gasteiger partial charge in [-0.3, -0.25) is 0 Å². The Bertz CT molecular complexity index is 532. The number of benzene rings is 1. The summed E-state index contributed by atoms with van der Waals surface area (Å²) in [4.78, 5) is 2.16. The zero-order valence-corrected chi connectivity index (χ0v) is 10.0. The van der Waals surface area contributed by atoms with Gasteiger partial charge in [0.25, 0.3) is 0 Å². The number of hydrogen-bond acceptors (Lipinski definition) is 5. The first-order valence-electron chi connectivity index (χ1n) is 8.09. The molecule has 0 amide bonds. The maximum absolute atomic E-state index is 7.35. The first-order valence-corrected chi connectivity index (χ1v) is 5.09. The van der Waals surface area contributed by atoms with Crippen LogP contribution in [0.3, 0.4) is 0 Å². The van der Waals surface area contributed by atoms with E-state index in [-0.39, 0.29) is 13.1 Å². The molecule has 1 aromatic carbocycles. The molecule has 0 heterocycles. The van der Waals surface area contributed by atoms with Gasteiger partial charge in [-0.15, -0.1) is 0 Å². The second-order valence-electron chi connectivity index (χ2n) is 3.73. The van der Waals surface area contributed by atoms with Gasteiger partial charge >= 0.3 is 0 Å². The standard InChI is InChI=1S/C12H22N4O/c1-15(2)5-6-16(3)11-8-12(17-4)10(14)7-9(11)13/h7-8H,5-6,13-14H2,1-4H3/i1D3,2D3. The molecule has 0 bridgehead atoms. The highest BCUT2D eigenvalue weighted by molar-refractivity contribution is 5.76. The van der Waals surface area contributed by atoms with E-state index in [9.17, 15) is 0 Å². The molecular formula is C12H22N4O. The summed E-state index contributed by atoms with van der Waals surface area (Å²) in [6.45, 7) is -5.46. The molecule has 4 N–H and O–H groups in total. The number of rotatable bonds is 5. The Labute approximate surface area is 111 Å². The number of nitrogen functional groups attached to an aromatic ring is 2. The van der Waals surface area contributed by atoms with Crippen LogP contribution in [0.4, 0.5) is 17.1 Å². The van der Waals surface area contributed by atoms with Crippen LogP contribution >= 0.6 is 0 Å². The lowest BCUT2D eigenvalue weighted by Gasteiger charge is -2.24. The number of likely N-dealkylation sites (N-methyl/N-ethyl adjacent to an activating group) is 2. The topological polar surface area (TPSA) is 67.8 Å². The van der Waals surface area contributed by atoms with Gasteiger partial charge in [0.05, 0.1) is 24.2 Å². The minimum Gasteiger partial charge on any atom is -0.495 e. The van der Waals surface area contributed by atoms with Gasteiger partial charge in [0.15, 0.2) is 0 Å². The summed E-state index contributed by atoms with van der Waals surface area (Å²) in [5.74, 6) is 0.435. The predicted octanol–water partition coefficient (Wildman–Crippen LogP) is 0.857. The quantitative estimate of drug-likeness (QED) is 0.752. The molecule has 0 saturated heterocycles. The average molecular weight is 244 g/mol. The normalized spacial score (nSPS) is 17.4. The largest absolute Gasteiger partial charge is 0.495 e. The number of anilines is 3. The van der Waals surface area contributed by atoms with Crippen molar-refractivity contribution in [2.75, 3.05) is 57.6 Å². The molecule has 5 heteroatoms. The van der Waals surface area contributed by atoms with E-state index in [0.29, 0.717) is 27.7 Å². The maximum atomic E-state index is 7.35. The summed E-state index contributed by atoms with van der Waals surface area (Å²) >= 11 is 0. The molecule has 0 radical (unpaired) electrons. The van der Waals surface area contributed by atoms with Crippen molar-refractivity contribution in [2.45, 2.75) is 0 Å². The van der Waals surface area contributed by atoms with Crippen molar-refractivity contribution < 1.29 is 13.0 Å². The van der Waals surface area contributed by atoms with Gasteiger partial charge in [0, 0.05) is 34.4 Å². The lowest BCUT2D eigenvalue weighted by atomic mass is 10.2. The van der Waals surface area contributed by atoms with Crippen molar-refractivity contribution in [1.29, 1.82) is 0 Å². The zero-order chi connectivity index (χ0) is 18.0. The van der Waals surface area contributed by atoms with E-state index >= 15 is 0 Å². The molecule has 1 rings (SSSR count). The molecule has 0 saturated carbocycles. The average Bonchev–Trinajstić information content (AvgIpc) is 2.35. The number of hydrogen-bond donors (Lipinski definition) is 2. The van der Waals surface area contributed by atoms with Gasteiger partial charge in [-0.25, -0.2) is 0 Å². The highest BCUT2D eigenvalue weighted by atomic mass is 16.5. The number of nitrogens with two attached hydrogens (primary N) is 2. The fourth-order valence-corrected chi connectivity index (χ4v) is 1.48. The molecule has 17 heavy (non-hydrogen) atoms. The molecular weight excluding hydrogens is 216 g/mol. The smallest absolute Gasteiger partial charge is 0.143 e. The van der Waals surface area contributed by atoms with Crippen LogP contribution in [0.15, 0.2) is 12.1 Å². The summed E-state index contributed by atoms with van der Waals surface area (Å²) in [5.41, 5.74) is 13.0. The second kappa shape index (κ2) is 5.63. The highest BCUT2D eigenvalue weighted by Gasteiger charge is 2.10. The number of ether oxygens (including phenoxy) is 1. The molecule has 0 aliphatic carbocycles. The zero-order valence-electron chi connectivity index (χ0n) is 16.0. The Morgan fingerprint density at radius 2 is 1.94 bits per heavy atom. The third-order valence-electron chi connectivity index (χ3n) is 2.45. The third kappa shape index (κ3) is 3.42. The van der Waals surface area contributed by atoms with Gasteiger partial charge < -0.3 is 26.0 Å². The van der Waals surface area contributed by atoms with Crippen molar-refractivity contribution >= 4 is 17.1 Å². The van der Waals surface area contributed by atoms with Crippen molar-refractivity contribution in [1.82, 2.24) is 4.90 Å². The van der Waals surface area contributed by atoms with Crippen molar-refractivity contribution in [3.05, 3.63) is 12.1 Å². The van der Waals surface area contributed by atoms with Crippen LogP contribution in [0.25, 0.3) is 0 Å². The van der Waals surface area contributed by atoms with E-state index in [1.165, 1.54) is 13.2 Å². The molecule has 0 atom stereocenters. The first kappa shape index (κ1) is 6.96. The number of nitrogens with zero attached hydrogens (tertiary/aromatic N) is 2. The fraction of sp³-hybridized carbons (Fsp3) is 0.500. The molecule has 0 unspecified atom stereocenters. The molecule has 0 aromatic heterocycles. The molecule has 5 nitrogen and oxygen atoms in total. The summed E-state index contributed by atoms with van der Waals surface area (Å²) < 4.78 is 49.2. The van der Waals surface area contributed by atoms with E-state index in [0.717, 1.165) is 0 Å². The fourth-order valence-electron chi connectivity index (χ4n) is 1.48. The Kier molecular flexibility index (Phi) is 2.30. The molecule has 0 aliphatic heterocycles. The van der Waals surface area contributed by atoms with Gasteiger partial charge in [0.2, 0.25) is 0 Å². The van der Waals surface area contributed by atoms with Gasteiger partial charge in [-0.05, 0) is 20.0 Å². The minimum absolute atomic E-state index is 0.147. The maximum Gasteiger partial charge on any atom is 0.143 e. The van der Waals surface area contributed by atoms with Crippen molar-refractivity contribution in [3.63, 3.8) is 0 Å². The summed E-state index contributed by atoms with van der Waals surface area (Å²) in [6, 6.07) is 3.16. The Morgan fingerprint density at radius 1 is 1.24 bits per heavy atom. The van der Waals surface area contributed by atoms with Crippen LogP contribution in [0, 0.1) is 0 Å². The Hall–Kier alpha value is -1.62. The molecule has 0 spiro atoms.